The first kappa shape index (κ1) is 21.8. The maximum atomic E-state index is 13.6. The van der Waals surface area contributed by atoms with Crippen LogP contribution in [-0.2, 0) is 6.61 Å². The second kappa shape index (κ2) is 10.3. The Morgan fingerprint density at radius 3 is 2.26 bits per heavy atom. The van der Waals surface area contributed by atoms with Gasteiger partial charge in [0.1, 0.15) is 6.61 Å². The molecule has 0 atom stereocenters. The maximum Gasteiger partial charge on any atom is 0.310 e. The summed E-state index contributed by atoms with van der Waals surface area (Å²) in [4.78, 5) is 27.3. The second-order valence-corrected chi connectivity index (χ2v) is 9.54. The molecule has 0 N–H and O–H groups in total. The van der Waals surface area contributed by atoms with Crippen molar-refractivity contribution in [2.24, 2.45) is 0 Å². The highest BCUT2D eigenvalue weighted by molar-refractivity contribution is 7.12. The molecule has 0 spiro atoms. The third-order valence-corrected chi connectivity index (χ3v) is 7.46. The van der Waals surface area contributed by atoms with Gasteiger partial charge in [0, 0.05) is 23.7 Å². The van der Waals surface area contributed by atoms with E-state index >= 15 is 0 Å². The molecule has 0 aliphatic heterocycles. The van der Waals surface area contributed by atoms with E-state index in [1.807, 2.05) is 11.4 Å². The Morgan fingerprint density at radius 2 is 1.65 bits per heavy atom. The zero-order valence-electron chi connectivity index (χ0n) is 17.8. The van der Waals surface area contributed by atoms with Crippen molar-refractivity contribution in [3.63, 3.8) is 0 Å². The number of hydrogen-bond acceptors (Lipinski definition) is 5. The molecule has 0 bridgehead atoms. The number of nitrogens with zero attached hydrogens (tertiary/aromatic N) is 2. The number of hydrogen-bond donors (Lipinski definition) is 0. The highest BCUT2D eigenvalue weighted by Gasteiger charge is 2.33. The summed E-state index contributed by atoms with van der Waals surface area (Å²) < 4.78 is 5.71. The minimum absolute atomic E-state index is 0.0465. The van der Waals surface area contributed by atoms with Gasteiger partial charge >= 0.3 is 5.69 Å². The third kappa shape index (κ3) is 5.26. The Hall–Kier alpha value is -2.41. The van der Waals surface area contributed by atoms with Gasteiger partial charge < -0.3 is 9.64 Å². The fourth-order valence-electron chi connectivity index (χ4n) is 4.93. The van der Waals surface area contributed by atoms with Crippen LogP contribution in [0.3, 0.4) is 0 Å². The minimum Gasteiger partial charge on any atom is -0.482 e. The molecule has 1 heterocycles. The lowest BCUT2D eigenvalue weighted by Gasteiger charge is -2.41. The Kier molecular flexibility index (Phi) is 7.22. The summed E-state index contributed by atoms with van der Waals surface area (Å²) >= 11 is 1.45. The van der Waals surface area contributed by atoms with Gasteiger partial charge in [0.2, 0.25) is 0 Å². The molecule has 0 unspecified atom stereocenters. The van der Waals surface area contributed by atoms with Gasteiger partial charge in [0.05, 0.1) is 9.80 Å². The van der Waals surface area contributed by atoms with Crippen molar-refractivity contribution < 1.29 is 14.5 Å². The molecule has 2 fully saturated rings. The number of carbonyl (C=O) groups is 1. The van der Waals surface area contributed by atoms with E-state index in [-0.39, 0.29) is 24.0 Å². The number of para-hydroxylation sites is 2. The van der Waals surface area contributed by atoms with Crippen molar-refractivity contribution >= 4 is 22.9 Å². The predicted octanol–water partition coefficient (Wildman–Crippen LogP) is 6.34. The number of benzene rings is 1. The third-order valence-electron chi connectivity index (χ3n) is 6.49. The zero-order chi connectivity index (χ0) is 21.6. The summed E-state index contributed by atoms with van der Waals surface area (Å²) in [5, 5.41) is 13.1. The van der Waals surface area contributed by atoms with E-state index in [0.717, 1.165) is 36.1 Å². The number of rotatable bonds is 7. The van der Waals surface area contributed by atoms with Gasteiger partial charge in [-0.2, -0.15) is 0 Å². The van der Waals surface area contributed by atoms with Crippen LogP contribution in [0.5, 0.6) is 5.75 Å². The van der Waals surface area contributed by atoms with E-state index in [2.05, 4.69) is 4.90 Å². The molecule has 0 saturated heterocycles. The Labute approximate surface area is 187 Å². The van der Waals surface area contributed by atoms with Crippen LogP contribution in [0, 0.1) is 10.1 Å². The summed E-state index contributed by atoms with van der Waals surface area (Å²) in [5.41, 5.74) is 0.827. The monoisotopic (exact) mass is 442 g/mol. The van der Waals surface area contributed by atoms with Gasteiger partial charge in [-0.1, -0.05) is 50.7 Å². The number of carbonyl (C=O) groups excluding carboxylic acids is 1. The number of nitro benzene ring substituents is 1. The van der Waals surface area contributed by atoms with E-state index in [0.29, 0.717) is 12.1 Å². The lowest BCUT2D eigenvalue weighted by Crippen LogP contribution is -2.48. The van der Waals surface area contributed by atoms with Gasteiger partial charge in [-0.15, -0.1) is 11.3 Å². The average Bonchev–Trinajstić information content (AvgIpc) is 3.28. The van der Waals surface area contributed by atoms with Crippen molar-refractivity contribution in [3.8, 4) is 5.75 Å². The largest absolute Gasteiger partial charge is 0.482 e. The molecule has 7 heteroatoms. The molecule has 2 aromatic rings. The molecule has 2 aliphatic rings. The Balaban J connectivity index is 1.47. The molecule has 1 aromatic carbocycles. The SMILES string of the molecule is O=C(c1cc(COc2ccccc2[N+](=O)[O-])cs1)N(C1CCCCC1)C1CCCCC1. The van der Waals surface area contributed by atoms with Gasteiger partial charge in [-0.3, -0.25) is 14.9 Å². The van der Waals surface area contributed by atoms with Crippen molar-refractivity contribution in [1.29, 1.82) is 0 Å². The van der Waals surface area contributed by atoms with Gasteiger partial charge in [-0.05, 0) is 43.2 Å². The number of thiophene rings is 1. The van der Waals surface area contributed by atoms with Crippen LogP contribution in [0.15, 0.2) is 35.7 Å². The maximum absolute atomic E-state index is 13.6. The van der Waals surface area contributed by atoms with Gasteiger partial charge in [-0.25, -0.2) is 0 Å². The number of ether oxygens (including phenoxy) is 1. The molecule has 0 radical (unpaired) electrons. The van der Waals surface area contributed by atoms with Crippen LogP contribution in [0.2, 0.25) is 0 Å². The molecule has 2 aliphatic carbocycles. The lowest BCUT2D eigenvalue weighted by atomic mass is 9.88. The summed E-state index contributed by atoms with van der Waals surface area (Å²) in [5.74, 6) is 0.401. The molecule has 2 saturated carbocycles. The van der Waals surface area contributed by atoms with E-state index in [9.17, 15) is 14.9 Å². The smallest absolute Gasteiger partial charge is 0.310 e. The van der Waals surface area contributed by atoms with Crippen molar-refractivity contribution in [2.75, 3.05) is 0 Å². The molecule has 1 amide bonds. The summed E-state index contributed by atoms with van der Waals surface area (Å²) in [6, 6.07) is 9.00. The average molecular weight is 443 g/mol. The fraction of sp³-hybridized carbons (Fsp3) is 0.542. The molecule has 1 aromatic heterocycles. The first-order chi connectivity index (χ1) is 15.1. The van der Waals surface area contributed by atoms with Crippen LogP contribution in [0.4, 0.5) is 5.69 Å². The fourth-order valence-corrected chi connectivity index (χ4v) is 5.77. The topological polar surface area (TPSA) is 72.7 Å². The van der Waals surface area contributed by atoms with E-state index in [1.165, 1.54) is 55.9 Å². The summed E-state index contributed by atoms with van der Waals surface area (Å²) in [7, 11) is 0. The molecule has 4 rings (SSSR count). The van der Waals surface area contributed by atoms with Crippen LogP contribution in [0.25, 0.3) is 0 Å². The normalized spacial score (nSPS) is 17.9. The van der Waals surface area contributed by atoms with Crippen molar-refractivity contribution in [2.45, 2.75) is 82.9 Å². The molecule has 6 nitrogen and oxygen atoms in total. The molecule has 31 heavy (non-hydrogen) atoms. The van der Waals surface area contributed by atoms with Crippen molar-refractivity contribution in [3.05, 3.63) is 56.3 Å². The Morgan fingerprint density at radius 1 is 1.03 bits per heavy atom. The summed E-state index contributed by atoms with van der Waals surface area (Å²) in [6.07, 6.45) is 11.8. The van der Waals surface area contributed by atoms with Crippen molar-refractivity contribution in [1.82, 2.24) is 4.90 Å². The van der Waals surface area contributed by atoms with Crippen LogP contribution < -0.4 is 4.74 Å². The highest BCUT2D eigenvalue weighted by Crippen LogP contribution is 2.33. The quantitative estimate of drug-likeness (QED) is 0.370. The standard InChI is InChI=1S/C24H30N2O4S/c27-24(25(19-9-3-1-4-10-19)20-11-5-2-6-12-20)23-15-18(17-31-23)16-30-22-14-8-7-13-21(22)26(28)29/h7-8,13-15,17,19-20H,1-6,9-12,16H2. The van der Waals surface area contributed by atoms with E-state index < -0.39 is 4.92 Å². The first-order valence-corrected chi connectivity index (χ1v) is 12.3. The first-order valence-electron chi connectivity index (χ1n) is 11.4. The molecular formula is C24H30N2O4S. The molecular weight excluding hydrogens is 412 g/mol. The summed E-state index contributed by atoms with van der Waals surface area (Å²) in [6.45, 7) is 0.210. The number of amides is 1. The van der Waals surface area contributed by atoms with E-state index in [1.54, 1.807) is 18.2 Å². The van der Waals surface area contributed by atoms with Gasteiger partial charge in [0.25, 0.3) is 5.91 Å². The van der Waals surface area contributed by atoms with Crippen LogP contribution in [0.1, 0.15) is 79.4 Å². The Bertz CT molecular complexity index is 882. The van der Waals surface area contributed by atoms with E-state index in [4.69, 9.17) is 4.74 Å². The highest BCUT2D eigenvalue weighted by atomic mass is 32.1. The zero-order valence-corrected chi connectivity index (χ0v) is 18.6. The van der Waals surface area contributed by atoms with Crippen LogP contribution in [-0.4, -0.2) is 27.8 Å². The van der Waals surface area contributed by atoms with Crippen LogP contribution >= 0.6 is 11.3 Å². The lowest BCUT2D eigenvalue weighted by molar-refractivity contribution is -0.385. The minimum atomic E-state index is -0.440. The predicted molar refractivity (Wildman–Crippen MR) is 122 cm³/mol. The second-order valence-electron chi connectivity index (χ2n) is 8.63. The number of nitro groups is 1. The molecule has 166 valence electrons. The van der Waals surface area contributed by atoms with Gasteiger partial charge in [0.15, 0.2) is 5.75 Å².